The third kappa shape index (κ3) is 4.59. The van der Waals surface area contributed by atoms with E-state index in [0.29, 0.717) is 31.3 Å². The molecule has 1 heterocycles. The van der Waals surface area contributed by atoms with Crippen LogP contribution in [0.2, 0.25) is 0 Å². The molecule has 114 valence electrons. The minimum atomic E-state index is -0.456. The molecule has 21 heavy (non-hydrogen) atoms. The van der Waals surface area contributed by atoms with E-state index in [0.717, 1.165) is 12.8 Å². The maximum Gasteiger partial charge on any atom is 0.276 e. The van der Waals surface area contributed by atoms with Crippen molar-refractivity contribution in [2.45, 2.75) is 19.8 Å². The molecule has 8 nitrogen and oxygen atoms in total. The fourth-order valence-electron chi connectivity index (χ4n) is 1.85. The van der Waals surface area contributed by atoms with Crippen LogP contribution in [-0.4, -0.2) is 35.4 Å². The Morgan fingerprint density at radius 3 is 2.57 bits per heavy atom. The van der Waals surface area contributed by atoms with Gasteiger partial charge in [-0.25, -0.2) is 4.98 Å². The lowest BCUT2D eigenvalue weighted by Gasteiger charge is -2.09. The third-order valence-electron chi connectivity index (χ3n) is 3.06. The van der Waals surface area contributed by atoms with Crippen LogP contribution in [0.5, 0.6) is 0 Å². The Kier molecular flexibility index (Phi) is 4.91. The van der Waals surface area contributed by atoms with Crippen molar-refractivity contribution in [3.63, 3.8) is 0 Å². The zero-order valence-corrected chi connectivity index (χ0v) is 11.9. The van der Waals surface area contributed by atoms with E-state index in [4.69, 9.17) is 0 Å². The van der Waals surface area contributed by atoms with Gasteiger partial charge < -0.3 is 16.0 Å². The molecule has 0 atom stereocenters. The fraction of sp³-hybridized carbons (Fsp3) is 0.538. The summed E-state index contributed by atoms with van der Waals surface area (Å²) in [5.41, 5.74) is -0.0227. The lowest BCUT2D eigenvalue weighted by Crippen LogP contribution is -2.29. The number of nitrogens with zero attached hydrogens (tertiary/aromatic N) is 2. The fourth-order valence-corrected chi connectivity index (χ4v) is 1.85. The Bertz CT molecular complexity index is 531. The van der Waals surface area contributed by atoms with Gasteiger partial charge in [0.25, 0.3) is 5.69 Å². The number of amides is 1. The number of aromatic nitrogens is 1. The summed E-state index contributed by atoms with van der Waals surface area (Å²) < 4.78 is 0. The Hall–Kier alpha value is -2.38. The van der Waals surface area contributed by atoms with Crippen molar-refractivity contribution in [1.29, 1.82) is 0 Å². The van der Waals surface area contributed by atoms with Crippen molar-refractivity contribution in [2.24, 2.45) is 5.92 Å². The maximum absolute atomic E-state index is 11.4. The van der Waals surface area contributed by atoms with E-state index in [2.05, 4.69) is 20.9 Å². The molecule has 0 aromatic carbocycles. The average molecular weight is 293 g/mol. The number of hydrogen-bond donors (Lipinski definition) is 3. The zero-order chi connectivity index (χ0) is 15.2. The SMILES string of the molecule is CCNc1cc([N+](=O)[O-])cc(NCCNC(=O)C2CC2)n1. The van der Waals surface area contributed by atoms with E-state index in [1.807, 2.05) is 6.92 Å². The Morgan fingerprint density at radius 2 is 2.00 bits per heavy atom. The highest BCUT2D eigenvalue weighted by Gasteiger charge is 2.28. The molecule has 0 bridgehead atoms. The molecule has 1 aromatic rings. The summed E-state index contributed by atoms with van der Waals surface area (Å²) in [6.07, 6.45) is 1.94. The number of pyridine rings is 1. The van der Waals surface area contributed by atoms with Crippen LogP contribution in [0.4, 0.5) is 17.3 Å². The van der Waals surface area contributed by atoms with Gasteiger partial charge in [0.05, 0.1) is 17.1 Å². The topological polar surface area (TPSA) is 109 Å². The summed E-state index contributed by atoms with van der Waals surface area (Å²) in [6, 6.07) is 2.77. The number of carbonyl (C=O) groups is 1. The summed E-state index contributed by atoms with van der Waals surface area (Å²) >= 11 is 0. The van der Waals surface area contributed by atoms with Crippen LogP contribution < -0.4 is 16.0 Å². The third-order valence-corrected chi connectivity index (χ3v) is 3.06. The highest BCUT2D eigenvalue weighted by Crippen LogP contribution is 2.28. The largest absolute Gasteiger partial charge is 0.370 e. The Labute approximate surface area is 122 Å². The summed E-state index contributed by atoms with van der Waals surface area (Å²) in [4.78, 5) is 26.1. The zero-order valence-electron chi connectivity index (χ0n) is 11.9. The molecular weight excluding hydrogens is 274 g/mol. The van der Waals surface area contributed by atoms with Crippen molar-refractivity contribution in [1.82, 2.24) is 10.3 Å². The van der Waals surface area contributed by atoms with Gasteiger partial charge in [0.1, 0.15) is 11.6 Å². The van der Waals surface area contributed by atoms with Gasteiger partial charge >= 0.3 is 0 Å². The molecule has 3 N–H and O–H groups in total. The first-order valence-corrected chi connectivity index (χ1v) is 7.02. The van der Waals surface area contributed by atoms with E-state index in [1.165, 1.54) is 12.1 Å². The Balaban J connectivity index is 1.88. The molecule has 2 rings (SSSR count). The van der Waals surface area contributed by atoms with Crippen LogP contribution in [0, 0.1) is 16.0 Å². The van der Waals surface area contributed by atoms with Gasteiger partial charge in [-0.3, -0.25) is 14.9 Å². The first-order valence-electron chi connectivity index (χ1n) is 7.02. The molecular formula is C13H19N5O3. The molecule has 1 fully saturated rings. The molecule has 0 radical (unpaired) electrons. The normalized spacial score (nSPS) is 13.6. The van der Waals surface area contributed by atoms with Gasteiger partial charge in [-0.2, -0.15) is 0 Å². The van der Waals surface area contributed by atoms with Crippen LogP contribution in [0.1, 0.15) is 19.8 Å². The van der Waals surface area contributed by atoms with Crippen molar-refractivity contribution in [3.8, 4) is 0 Å². The van der Waals surface area contributed by atoms with Crippen LogP contribution in [0.15, 0.2) is 12.1 Å². The van der Waals surface area contributed by atoms with E-state index >= 15 is 0 Å². The standard InChI is InChI=1S/C13H19N5O3/c1-2-14-11-7-10(18(20)21)8-12(17-11)15-5-6-16-13(19)9-3-4-9/h7-9H,2-6H2,1H3,(H,16,19)(H2,14,15,17). The van der Waals surface area contributed by atoms with E-state index in [1.54, 1.807) is 0 Å². The molecule has 0 spiro atoms. The van der Waals surface area contributed by atoms with E-state index < -0.39 is 4.92 Å². The van der Waals surface area contributed by atoms with Gasteiger partial charge in [-0.15, -0.1) is 0 Å². The summed E-state index contributed by atoms with van der Waals surface area (Å²) in [5, 5.41) is 19.6. The van der Waals surface area contributed by atoms with Crippen molar-refractivity contribution < 1.29 is 9.72 Å². The highest BCUT2D eigenvalue weighted by molar-refractivity contribution is 5.80. The predicted octanol–water partition coefficient (Wildman–Crippen LogP) is 1.36. The summed E-state index contributed by atoms with van der Waals surface area (Å²) in [5.74, 6) is 1.13. The van der Waals surface area contributed by atoms with E-state index in [-0.39, 0.29) is 17.5 Å². The molecule has 0 unspecified atom stereocenters. The molecule has 0 saturated heterocycles. The molecule has 0 aliphatic heterocycles. The van der Waals surface area contributed by atoms with E-state index in [9.17, 15) is 14.9 Å². The van der Waals surface area contributed by atoms with Crippen LogP contribution in [0.25, 0.3) is 0 Å². The Morgan fingerprint density at radius 1 is 1.33 bits per heavy atom. The van der Waals surface area contributed by atoms with Crippen LogP contribution in [0.3, 0.4) is 0 Å². The first kappa shape index (κ1) is 15.0. The second-order valence-electron chi connectivity index (χ2n) is 4.88. The quantitative estimate of drug-likeness (QED) is 0.379. The highest BCUT2D eigenvalue weighted by atomic mass is 16.6. The number of nitrogens with one attached hydrogen (secondary N) is 3. The van der Waals surface area contributed by atoms with Gasteiger partial charge in [-0.05, 0) is 19.8 Å². The second-order valence-corrected chi connectivity index (χ2v) is 4.88. The number of nitro groups is 1. The summed E-state index contributed by atoms with van der Waals surface area (Å²) in [6.45, 7) is 3.46. The molecule has 1 aromatic heterocycles. The molecule has 1 amide bonds. The molecule has 1 saturated carbocycles. The minimum Gasteiger partial charge on any atom is -0.370 e. The molecule has 1 aliphatic carbocycles. The maximum atomic E-state index is 11.4. The van der Waals surface area contributed by atoms with Gasteiger partial charge in [0.15, 0.2) is 0 Å². The average Bonchev–Trinajstić information content (AvgIpc) is 3.28. The number of hydrogen-bond acceptors (Lipinski definition) is 6. The lowest BCUT2D eigenvalue weighted by atomic mass is 10.3. The first-order chi connectivity index (χ1) is 10.1. The monoisotopic (exact) mass is 293 g/mol. The van der Waals surface area contributed by atoms with Crippen molar-refractivity contribution in [3.05, 3.63) is 22.2 Å². The second kappa shape index (κ2) is 6.87. The minimum absolute atomic E-state index is 0.0227. The smallest absolute Gasteiger partial charge is 0.276 e. The van der Waals surface area contributed by atoms with Crippen molar-refractivity contribution in [2.75, 3.05) is 30.3 Å². The van der Waals surface area contributed by atoms with Crippen LogP contribution in [-0.2, 0) is 4.79 Å². The number of carbonyl (C=O) groups excluding carboxylic acids is 1. The molecule has 1 aliphatic rings. The van der Waals surface area contributed by atoms with Gasteiger partial charge in [0.2, 0.25) is 5.91 Å². The lowest BCUT2D eigenvalue weighted by molar-refractivity contribution is -0.384. The van der Waals surface area contributed by atoms with Crippen LogP contribution >= 0.6 is 0 Å². The summed E-state index contributed by atoms with van der Waals surface area (Å²) in [7, 11) is 0. The number of rotatable bonds is 8. The van der Waals surface area contributed by atoms with Gasteiger partial charge in [-0.1, -0.05) is 0 Å². The van der Waals surface area contributed by atoms with Crippen molar-refractivity contribution >= 4 is 23.2 Å². The molecule has 8 heteroatoms. The predicted molar refractivity (Wildman–Crippen MR) is 79.3 cm³/mol. The van der Waals surface area contributed by atoms with Gasteiger partial charge in [0, 0.05) is 25.6 Å². The number of anilines is 2.